The van der Waals surface area contributed by atoms with Crippen molar-refractivity contribution < 1.29 is 106 Å². The third kappa shape index (κ3) is 22.9. The maximum atomic E-state index is 14.3. The third-order valence-corrected chi connectivity index (χ3v) is 14.8. The second kappa shape index (κ2) is 32.5. The number of urea groups is 2. The number of hydrogen-bond donors (Lipinski definition) is 8. The van der Waals surface area contributed by atoms with Gasteiger partial charge in [-0.05, 0) is 88.3 Å². The molecule has 5 aromatic rings. The number of aliphatic carboxylic acids is 1. The fourth-order valence-electron chi connectivity index (χ4n) is 7.29. The summed E-state index contributed by atoms with van der Waals surface area (Å²) in [5.74, 6) is -3.18. The molecule has 2 aromatic carbocycles. The van der Waals surface area contributed by atoms with E-state index in [2.05, 4.69) is 45.9 Å². The summed E-state index contributed by atoms with van der Waals surface area (Å²) in [6.07, 6.45) is -2.60. The van der Waals surface area contributed by atoms with Crippen molar-refractivity contribution >= 4 is 92.8 Å². The van der Waals surface area contributed by atoms with Crippen LogP contribution in [0.4, 0.5) is 49.5 Å². The first-order valence-corrected chi connectivity index (χ1v) is 30.7. The second-order valence-corrected chi connectivity index (χ2v) is 23.9. The Kier molecular flexibility index (Phi) is 26.6. The average Bonchev–Trinajstić information content (AvgIpc) is 1.56. The smallest absolute Gasteiger partial charge is 0.427 e. The van der Waals surface area contributed by atoms with Crippen LogP contribution in [0.2, 0.25) is 5.02 Å². The topological polar surface area (TPSA) is 439 Å². The molecule has 490 valence electrons. The van der Waals surface area contributed by atoms with E-state index in [1.807, 2.05) is 0 Å². The lowest BCUT2D eigenvalue weighted by molar-refractivity contribution is -0.136. The van der Waals surface area contributed by atoms with Gasteiger partial charge in [-0.15, -0.1) is 0 Å². The number of carbonyl (C=O) groups excluding carboxylic acids is 5. The Morgan fingerprint density at radius 3 is 1.97 bits per heavy atom. The number of carboxylic acids is 1. The quantitative estimate of drug-likeness (QED) is 0.0280. The molecular formula is C50H59ClF4N13O19PS2. The van der Waals surface area contributed by atoms with Gasteiger partial charge in [0.15, 0.2) is 10.8 Å². The number of hydrogen-bond acceptors (Lipinski definition) is 23. The molecular weight excluding hydrogens is 1290 g/mol. The van der Waals surface area contributed by atoms with Crippen molar-refractivity contribution in [1.82, 2.24) is 49.6 Å². The highest BCUT2D eigenvalue weighted by Crippen LogP contribution is 2.38. The molecule has 0 unspecified atom stereocenters. The summed E-state index contributed by atoms with van der Waals surface area (Å²) in [4.78, 5) is 111. The van der Waals surface area contributed by atoms with Crippen molar-refractivity contribution in [1.29, 1.82) is 0 Å². The molecule has 1 saturated carbocycles. The number of carbonyl (C=O) groups is 6. The number of alkyl halides is 3. The van der Waals surface area contributed by atoms with Gasteiger partial charge < -0.3 is 43.5 Å². The van der Waals surface area contributed by atoms with E-state index >= 15 is 0 Å². The number of aromatic nitrogens is 6. The van der Waals surface area contributed by atoms with E-state index in [4.69, 9.17) is 50.2 Å². The van der Waals surface area contributed by atoms with Gasteiger partial charge in [0, 0.05) is 32.8 Å². The number of cyclic esters (lactones) is 1. The minimum absolute atomic E-state index is 0.00962. The van der Waals surface area contributed by atoms with Crippen molar-refractivity contribution in [3.8, 4) is 23.5 Å². The summed E-state index contributed by atoms with van der Waals surface area (Å²) in [7, 11) is -6.09. The number of pyridine rings is 1. The number of anilines is 3. The number of rotatable bonds is 19. The number of ether oxygens (including phenoxy) is 5. The molecule has 7 amide bonds. The molecule has 0 spiro atoms. The molecule has 4 heterocycles. The van der Waals surface area contributed by atoms with Gasteiger partial charge in [-0.2, -0.15) is 46.5 Å². The Labute approximate surface area is 515 Å². The maximum absolute atomic E-state index is 14.3. The van der Waals surface area contributed by atoms with E-state index in [0.717, 1.165) is 37.8 Å². The summed E-state index contributed by atoms with van der Waals surface area (Å²) < 4.78 is 141. The molecule has 2 aliphatic rings. The number of methoxy groups -OCH3 is 3. The second-order valence-electron chi connectivity index (χ2n) is 18.6. The highest BCUT2D eigenvalue weighted by molar-refractivity contribution is 7.90. The van der Waals surface area contributed by atoms with Gasteiger partial charge in [-0.1, -0.05) is 29.8 Å². The predicted molar refractivity (Wildman–Crippen MR) is 307 cm³/mol. The third-order valence-electron chi connectivity index (χ3n) is 11.2. The van der Waals surface area contributed by atoms with Gasteiger partial charge in [0.1, 0.15) is 17.4 Å². The van der Waals surface area contributed by atoms with Crippen molar-refractivity contribution in [3.05, 3.63) is 99.9 Å². The Balaban J connectivity index is 0.000000268. The van der Waals surface area contributed by atoms with Crippen LogP contribution >= 0.6 is 19.2 Å². The Hall–Kier alpha value is -8.94. The summed E-state index contributed by atoms with van der Waals surface area (Å²) in [6.45, 7) is 4.33. The first-order chi connectivity index (χ1) is 42.0. The first-order valence-electron chi connectivity index (χ1n) is 25.6. The van der Waals surface area contributed by atoms with Gasteiger partial charge in [0.2, 0.25) is 23.7 Å². The standard InChI is InChI=1S/C17H17ClFNO4.C15H16F3N5O4S.C15H18N6O6S.C3H8NO5P/c1-9(2)15-16(21)20(17(22)24-15)13-8-14(11(18)7-12(13)19)23-10-5-3-4-6-10;1-9-19-12(22-14(20-9)27-2)21-13(24)23-28(25,26)11-6-4-3-5-10(11)7-8-15(16,17)18;1-21(2)13(22)9-6-5-7-16-12(9)28(24,25)20-15(23)19-14-17-10(26-3)8-11(18-14)27-4;5-3(6)1-4-2-10(7,8)9/h7-8,10H,3-6H2,1-2H3;3-6H,7-8H2,1-2H3,(H2,19,20,21,22,23,24);5-8H,1-4H3,(H2,17,18,19,20,23);4H,1-2H2,(H,5,6)(H2,7,8,9). The van der Waals surface area contributed by atoms with E-state index in [0.29, 0.717) is 10.5 Å². The van der Waals surface area contributed by atoms with Crippen molar-refractivity contribution in [2.24, 2.45) is 0 Å². The van der Waals surface area contributed by atoms with Gasteiger partial charge in [-0.25, -0.2) is 46.5 Å². The fourth-order valence-corrected chi connectivity index (χ4v) is 10.1. The number of carboxylic acid groups (broad SMARTS) is 1. The van der Waals surface area contributed by atoms with Gasteiger partial charge in [0.25, 0.3) is 26.0 Å². The van der Waals surface area contributed by atoms with Crippen LogP contribution in [0.3, 0.4) is 0 Å². The number of aryl methyl sites for hydroxylation is 2. The Morgan fingerprint density at radius 2 is 1.43 bits per heavy atom. The van der Waals surface area contributed by atoms with Crippen LogP contribution in [0.1, 0.15) is 67.7 Å². The van der Waals surface area contributed by atoms with E-state index in [-0.39, 0.29) is 74.9 Å². The zero-order valence-electron chi connectivity index (χ0n) is 48.6. The number of benzene rings is 2. The van der Waals surface area contributed by atoms with E-state index < -0.39 is 111 Å². The van der Waals surface area contributed by atoms with Crippen molar-refractivity contribution in [2.45, 2.75) is 81.5 Å². The molecule has 1 aliphatic carbocycles. The molecule has 0 atom stereocenters. The highest BCUT2D eigenvalue weighted by atomic mass is 35.5. The molecule has 32 nitrogen and oxygen atoms in total. The van der Waals surface area contributed by atoms with Crippen LogP contribution in [0.25, 0.3) is 0 Å². The van der Waals surface area contributed by atoms with Crippen LogP contribution in [0, 0.1) is 12.7 Å². The Bertz CT molecular complexity index is 3750. The average molecular weight is 1350 g/mol. The van der Waals surface area contributed by atoms with E-state index in [1.54, 1.807) is 23.3 Å². The highest BCUT2D eigenvalue weighted by Gasteiger charge is 2.41. The minimum Gasteiger partial charge on any atom is -0.489 e. The summed E-state index contributed by atoms with van der Waals surface area (Å²) >= 11 is 6.04. The monoisotopic (exact) mass is 1350 g/mol. The minimum atomic E-state index is -4.46. The SMILES string of the molecule is CC(C)=C1OC(=O)N(c2cc(OC3CCCC3)c(Cl)cc2F)C1=O.COc1cc(OC)nc(NC(=O)NS(=O)(=O)c2ncccc2C(=O)N(C)C)n1.COc1nc(C)nc(NC(=O)NS(=O)(=O)c2ccccc2CCC(F)(F)F)n1.O=C(O)CNCP(=O)(O)O. The molecule has 0 bridgehead atoms. The van der Waals surface area contributed by atoms with Crippen LogP contribution in [-0.4, -0.2) is 163 Å². The van der Waals surface area contributed by atoms with Crippen LogP contribution in [0.5, 0.6) is 23.5 Å². The molecule has 90 heavy (non-hydrogen) atoms. The van der Waals surface area contributed by atoms with Crippen LogP contribution < -0.4 is 49.2 Å². The maximum Gasteiger partial charge on any atom is 0.427 e. The van der Waals surface area contributed by atoms with Gasteiger partial charge >= 0.3 is 49.8 Å². The number of halogens is 5. The fraction of sp³-hybridized carbons (Fsp3) is 0.360. The molecule has 7 rings (SSSR count). The number of amides is 7. The molecule has 3 aromatic heterocycles. The first kappa shape index (κ1) is 73.5. The summed E-state index contributed by atoms with van der Waals surface area (Å²) in [5.41, 5.74) is 0.0520. The van der Waals surface area contributed by atoms with Crippen LogP contribution in [0.15, 0.2) is 82.0 Å². The number of allylic oxidation sites excluding steroid dienone is 1. The summed E-state index contributed by atoms with van der Waals surface area (Å²) in [5, 5.41) is 13.8. The zero-order valence-corrected chi connectivity index (χ0v) is 51.9. The van der Waals surface area contributed by atoms with E-state index in [9.17, 15) is 67.7 Å². The number of nitrogens with zero attached hydrogens (tertiary/aromatic N) is 8. The normalized spacial score (nSPS) is 13.1. The van der Waals surface area contributed by atoms with Gasteiger partial charge in [-0.3, -0.25) is 34.9 Å². The zero-order chi connectivity index (χ0) is 67.5. The molecule has 0 radical (unpaired) electrons. The number of imide groups is 1. The largest absolute Gasteiger partial charge is 0.489 e. The lowest BCUT2D eigenvalue weighted by atomic mass is 10.1. The molecule has 1 aliphatic heterocycles. The van der Waals surface area contributed by atoms with Crippen molar-refractivity contribution in [3.63, 3.8) is 0 Å². The summed E-state index contributed by atoms with van der Waals surface area (Å²) in [6, 6.07) is 9.04. The number of nitrogens with one attached hydrogen (secondary N) is 5. The Morgan fingerprint density at radius 1 is 0.844 bits per heavy atom. The van der Waals surface area contributed by atoms with Crippen LogP contribution in [-0.2, 0) is 45.4 Å². The molecule has 1 saturated heterocycles. The molecule has 8 N–H and O–H groups in total. The van der Waals surface area contributed by atoms with Gasteiger partial charge in [0.05, 0.1) is 67.5 Å². The molecule has 2 fully saturated rings. The lowest BCUT2D eigenvalue weighted by Gasteiger charge is -2.18. The number of sulfonamides is 2. The molecule has 40 heteroatoms. The predicted octanol–water partition coefficient (Wildman–Crippen LogP) is 5.67. The van der Waals surface area contributed by atoms with E-state index in [1.165, 1.54) is 95.9 Å². The lowest BCUT2D eigenvalue weighted by Crippen LogP contribution is -2.36. The van der Waals surface area contributed by atoms with Crippen molar-refractivity contribution in [2.75, 3.05) is 63.8 Å².